The highest BCUT2D eigenvalue weighted by Gasteiger charge is 2.14. The molecule has 0 aliphatic carbocycles. The molecule has 0 saturated heterocycles. The lowest BCUT2D eigenvalue weighted by Crippen LogP contribution is -2.13. The number of hydrogen-bond acceptors (Lipinski definition) is 2. The molecule has 1 heterocycles. The van der Waals surface area contributed by atoms with Crippen LogP contribution in [0.2, 0.25) is 0 Å². The Morgan fingerprint density at radius 3 is 2.72 bits per heavy atom. The van der Waals surface area contributed by atoms with Gasteiger partial charge < -0.3 is 4.98 Å². The van der Waals surface area contributed by atoms with Gasteiger partial charge in [0.05, 0.1) is 0 Å². The molecule has 0 spiro atoms. The van der Waals surface area contributed by atoms with E-state index in [1.165, 1.54) is 6.07 Å². The first-order valence-corrected chi connectivity index (χ1v) is 6.20. The molecular formula is C13H8FIN2O. The molecule has 0 amide bonds. The van der Waals surface area contributed by atoms with Crippen LogP contribution >= 0.6 is 22.6 Å². The van der Waals surface area contributed by atoms with Crippen molar-refractivity contribution in [1.29, 1.82) is 5.26 Å². The summed E-state index contributed by atoms with van der Waals surface area (Å²) in [4.78, 5) is 14.2. The minimum Gasteiger partial charge on any atom is -0.325 e. The van der Waals surface area contributed by atoms with E-state index in [1.807, 2.05) is 6.07 Å². The number of nitriles is 1. The van der Waals surface area contributed by atoms with Gasteiger partial charge >= 0.3 is 0 Å². The van der Waals surface area contributed by atoms with Gasteiger partial charge in [-0.15, -0.1) is 0 Å². The van der Waals surface area contributed by atoms with E-state index in [0.29, 0.717) is 11.3 Å². The Morgan fingerprint density at radius 1 is 1.33 bits per heavy atom. The van der Waals surface area contributed by atoms with Crippen LogP contribution in [0.5, 0.6) is 0 Å². The third-order valence-corrected chi connectivity index (χ3v) is 3.17. The Hall–Kier alpha value is -1.68. The second-order valence-electron chi connectivity index (χ2n) is 3.81. The molecule has 1 N–H and O–H groups in total. The summed E-state index contributed by atoms with van der Waals surface area (Å²) < 4.78 is 14.6. The molecule has 0 unspecified atom stereocenters. The van der Waals surface area contributed by atoms with Crippen molar-refractivity contribution < 1.29 is 4.39 Å². The number of halogens is 2. The van der Waals surface area contributed by atoms with Crippen molar-refractivity contribution in [3.63, 3.8) is 0 Å². The van der Waals surface area contributed by atoms with Gasteiger partial charge in [-0.2, -0.15) is 5.26 Å². The van der Waals surface area contributed by atoms with E-state index in [1.54, 1.807) is 25.1 Å². The average molecular weight is 354 g/mol. The molecule has 0 aliphatic heterocycles. The Balaban J connectivity index is 2.83. The molecule has 1 aromatic carbocycles. The van der Waals surface area contributed by atoms with Crippen LogP contribution in [0.3, 0.4) is 0 Å². The molecule has 0 saturated carbocycles. The Labute approximate surface area is 116 Å². The summed E-state index contributed by atoms with van der Waals surface area (Å²) in [6.45, 7) is 1.69. The molecule has 2 aromatic rings. The second kappa shape index (κ2) is 4.90. The number of rotatable bonds is 1. The van der Waals surface area contributed by atoms with Gasteiger partial charge in [-0.05, 0) is 53.8 Å². The third-order valence-electron chi connectivity index (χ3n) is 2.50. The average Bonchev–Trinajstić information content (AvgIpc) is 2.31. The SMILES string of the molecule is Cc1cc(-c2cc(I)ccc2F)c(C#N)c(=O)[nH]1. The number of benzene rings is 1. The minimum absolute atomic E-state index is 0.0681. The predicted molar refractivity (Wildman–Crippen MR) is 74.6 cm³/mol. The van der Waals surface area contributed by atoms with Crippen LogP contribution < -0.4 is 5.56 Å². The molecule has 0 radical (unpaired) electrons. The molecule has 90 valence electrons. The summed E-state index contributed by atoms with van der Waals surface area (Å²) in [5.41, 5.74) is 0.627. The normalized spacial score (nSPS) is 10.1. The molecule has 0 aliphatic rings. The van der Waals surface area contributed by atoms with Gasteiger partial charge in [0.1, 0.15) is 17.4 Å². The van der Waals surface area contributed by atoms with E-state index in [-0.39, 0.29) is 11.1 Å². The van der Waals surface area contributed by atoms with Gasteiger partial charge in [0, 0.05) is 20.4 Å². The highest BCUT2D eigenvalue weighted by molar-refractivity contribution is 14.1. The largest absolute Gasteiger partial charge is 0.325 e. The fourth-order valence-corrected chi connectivity index (χ4v) is 2.21. The predicted octanol–water partition coefficient (Wildman–Crippen LogP) is 2.97. The van der Waals surface area contributed by atoms with E-state index in [9.17, 15) is 9.18 Å². The summed E-state index contributed by atoms with van der Waals surface area (Å²) in [6, 6.07) is 8.00. The Kier molecular flexibility index (Phi) is 3.48. The van der Waals surface area contributed by atoms with Crippen molar-refractivity contribution in [1.82, 2.24) is 4.98 Å². The summed E-state index contributed by atoms with van der Waals surface area (Å²) in [6.07, 6.45) is 0. The summed E-state index contributed by atoms with van der Waals surface area (Å²) in [5, 5.41) is 9.02. The fourth-order valence-electron chi connectivity index (χ4n) is 1.72. The third kappa shape index (κ3) is 2.29. The quantitative estimate of drug-likeness (QED) is 0.801. The highest BCUT2D eigenvalue weighted by Crippen LogP contribution is 2.26. The van der Waals surface area contributed by atoms with Crippen LogP contribution in [0.15, 0.2) is 29.1 Å². The van der Waals surface area contributed by atoms with Crippen LogP contribution in [0.1, 0.15) is 11.3 Å². The molecule has 3 nitrogen and oxygen atoms in total. The van der Waals surface area contributed by atoms with E-state index >= 15 is 0 Å². The van der Waals surface area contributed by atoms with Gasteiger partial charge in [-0.25, -0.2) is 4.39 Å². The van der Waals surface area contributed by atoms with E-state index in [2.05, 4.69) is 27.6 Å². The number of nitrogens with zero attached hydrogens (tertiary/aromatic N) is 1. The topological polar surface area (TPSA) is 56.6 Å². The molecule has 1 aromatic heterocycles. The molecule has 5 heteroatoms. The highest BCUT2D eigenvalue weighted by atomic mass is 127. The number of hydrogen-bond donors (Lipinski definition) is 1. The van der Waals surface area contributed by atoms with Gasteiger partial charge in [0.25, 0.3) is 5.56 Å². The zero-order chi connectivity index (χ0) is 13.3. The van der Waals surface area contributed by atoms with Crippen molar-refractivity contribution in [2.45, 2.75) is 6.92 Å². The lowest BCUT2D eigenvalue weighted by molar-refractivity contribution is 0.631. The van der Waals surface area contributed by atoms with Crippen LogP contribution in [-0.4, -0.2) is 4.98 Å². The minimum atomic E-state index is -0.495. The van der Waals surface area contributed by atoms with Gasteiger partial charge in [0.15, 0.2) is 0 Å². The van der Waals surface area contributed by atoms with Gasteiger partial charge in [-0.1, -0.05) is 0 Å². The number of nitrogens with one attached hydrogen (secondary N) is 1. The molecule has 0 bridgehead atoms. The van der Waals surface area contributed by atoms with Gasteiger partial charge in [-0.3, -0.25) is 4.79 Å². The summed E-state index contributed by atoms with van der Waals surface area (Å²) in [7, 11) is 0. The molecule has 0 fully saturated rings. The maximum atomic E-state index is 13.8. The number of aromatic amines is 1. The smallest absolute Gasteiger partial charge is 0.266 e. The summed E-state index contributed by atoms with van der Waals surface area (Å²) in [5.74, 6) is -0.447. The van der Waals surface area contributed by atoms with Crippen LogP contribution in [0, 0.1) is 27.6 Å². The number of aryl methyl sites for hydroxylation is 1. The molecule has 18 heavy (non-hydrogen) atoms. The number of pyridine rings is 1. The standard InChI is InChI=1S/C13H8FIN2O/c1-7-4-9(11(6-16)13(18)17-7)10-5-8(15)2-3-12(10)14/h2-5H,1H3,(H,17,18). The molecular weight excluding hydrogens is 346 g/mol. The Morgan fingerprint density at radius 2 is 2.06 bits per heavy atom. The maximum absolute atomic E-state index is 13.8. The van der Waals surface area contributed by atoms with Crippen molar-refractivity contribution >= 4 is 22.6 Å². The Bertz CT molecular complexity index is 716. The van der Waals surface area contributed by atoms with Crippen LogP contribution in [0.25, 0.3) is 11.1 Å². The molecule has 0 atom stereocenters. The fraction of sp³-hybridized carbons (Fsp3) is 0.0769. The zero-order valence-corrected chi connectivity index (χ0v) is 11.6. The van der Waals surface area contributed by atoms with Crippen molar-refractivity contribution in [2.24, 2.45) is 0 Å². The van der Waals surface area contributed by atoms with Crippen molar-refractivity contribution in [2.75, 3.05) is 0 Å². The lowest BCUT2D eigenvalue weighted by atomic mass is 10.0. The van der Waals surface area contributed by atoms with Crippen LogP contribution in [0.4, 0.5) is 4.39 Å². The van der Waals surface area contributed by atoms with Gasteiger partial charge in [0.2, 0.25) is 0 Å². The van der Waals surface area contributed by atoms with Crippen molar-refractivity contribution in [3.05, 3.63) is 55.3 Å². The zero-order valence-electron chi connectivity index (χ0n) is 9.42. The van der Waals surface area contributed by atoms with E-state index in [0.717, 1.165) is 3.57 Å². The van der Waals surface area contributed by atoms with E-state index < -0.39 is 11.4 Å². The van der Waals surface area contributed by atoms with Crippen LogP contribution in [-0.2, 0) is 0 Å². The second-order valence-corrected chi connectivity index (χ2v) is 5.05. The molecule has 2 rings (SSSR count). The summed E-state index contributed by atoms with van der Waals surface area (Å²) >= 11 is 2.05. The lowest BCUT2D eigenvalue weighted by Gasteiger charge is -2.07. The number of H-pyrrole nitrogens is 1. The first kappa shape index (κ1) is 12.8. The number of aromatic nitrogens is 1. The van der Waals surface area contributed by atoms with E-state index in [4.69, 9.17) is 5.26 Å². The van der Waals surface area contributed by atoms with Crippen molar-refractivity contribution in [3.8, 4) is 17.2 Å². The first-order chi connectivity index (χ1) is 8.52. The maximum Gasteiger partial charge on any atom is 0.266 e. The first-order valence-electron chi connectivity index (χ1n) is 5.12. The monoisotopic (exact) mass is 354 g/mol.